The van der Waals surface area contributed by atoms with E-state index in [-0.39, 0.29) is 12.3 Å². The van der Waals surface area contributed by atoms with Gasteiger partial charge in [-0.2, -0.15) is 0 Å². The second kappa shape index (κ2) is 9.71. The van der Waals surface area contributed by atoms with Gasteiger partial charge in [-0.1, -0.05) is 27.7 Å². The number of carboxylic acids is 1. The quantitative estimate of drug-likeness (QED) is 0.508. The van der Waals surface area contributed by atoms with Gasteiger partial charge in [0.25, 0.3) is 5.91 Å². The Morgan fingerprint density at radius 2 is 2.04 bits per heavy atom. The van der Waals surface area contributed by atoms with Crippen molar-refractivity contribution in [2.75, 3.05) is 18.1 Å². The van der Waals surface area contributed by atoms with E-state index in [0.29, 0.717) is 23.6 Å². The SMILES string of the molecule is Cc1nc(-c2cccs2)ccc1C(=O)NCCSSCCC(=O)O. The maximum absolute atomic E-state index is 12.2. The van der Waals surface area contributed by atoms with Crippen LogP contribution in [0.1, 0.15) is 22.5 Å². The third-order valence-electron chi connectivity index (χ3n) is 3.06. The van der Waals surface area contributed by atoms with E-state index in [4.69, 9.17) is 5.11 Å². The number of pyridine rings is 1. The summed E-state index contributed by atoms with van der Waals surface area (Å²) >= 11 is 1.62. The lowest BCUT2D eigenvalue weighted by Crippen LogP contribution is -2.26. The molecule has 128 valence electrons. The normalized spacial score (nSPS) is 10.5. The van der Waals surface area contributed by atoms with Crippen LogP contribution in [-0.4, -0.2) is 40.0 Å². The summed E-state index contributed by atoms with van der Waals surface area (Å²) in [4.78, 5) is 28.2. The Bertz CT molecular complexity index is 690. The number of thiophene rings is 1. The van der Waals surface area contributed by atoms with E-state index < -0.39 is 5.97 Å². The summed E-state index contributed by atoms with van der Waals surface area (Å²) in [5.41, 5.74) is 2.17. The monoisotopic (exact) mass is 382 g/mol. The number of amides is 1. The highest BCUT2D eigenvalue weighted by Crippen LogP contribution is 2.24. The molecular weight excluding hydrogens is 364 g/mol. The van der Waals surface area contributed by atoms with Crippen LogP contribution in [0.5, 0.6) is 0 Å². The number of hydrogen-bond acceptors (Lipinski definition) is 6. The number of nitrogens with one attached hydrogen (secondary N) is 1. The van der Waals surface area contributed by atoms with Gasteiger partial charge < -0.3 is 10.4 Å². The highest BCUT2D eigenvalue weighted by atomic mass is 33.1. The van der Waals surface area contributed by atoms with E-state index >= 15 is 0 Å². The second-order valence-electron chi connectivity index (χ2n) is 4.85. The largest absolute Gasteiger partial charge is 0.481 e. The Morgan fingerprint density at radius 3 is 2.71 bits per heavy atom. The molecule has 24 heavy (non-hydrogen) atoms. The molecule has 0 saturated carbocycles. The van der Waals surface area contributed by atoms with Gasteiger partial charge in [-0.15, -0.1) is 11.3 Å². The molecule has 0 aromatic carbocycles. The van der Waals surface area contributed by atoms with Crippen LogP contribution in [0.2, 0.25) is 0 Å². The molecule has 0 spiro atoms. The molecular formula is C16H18N2O3S3. The molecule has 2 N–H and O–H groups in total. The van der Waals surface area contributed by atoms with Gasteiger partial charge in [0.05, 0.1) is 28.2 Å². The fourth-order valence-electron chi connectivity index (χ4n) is 1.91. The Balaban J connectivity index is 1.77. The summed E-state index contributed by atoms with van der Waals surface area (Å²) in [5, 5.41) is 13.4. The number of carboxylic acid groups (broad SMARTS) is 1. The first-order valence-electron chi connectivity index (χ1n) is 7.34. The van der Waals surface area contributed by atoms with Crippen molar-refractivity contribution in [1.29, 1.82) is 0 Å². The molecule has 0 radical (unpaired) electrons. The predicted octanol–water partition coefficient (Wildman–Crippen LogP) is 3.70. The van der Waals surface area contributed by atoms with Crippen molar-refractivity contribution in [2.45, 2.75) is 13.3 Å². The standard InChI is InChI=1S/C16H18N2O3S3/c1-11-12(4-5-13(18-11)14-3-2-8-22-14)16(21)17-7-10-24-23-9-6-15(19)20/h2-5,8H,6-7,9-10H2,1H3,(H,17,21)(H,19,20). The molecule has 0 saturated heterocycles. The molecule has 2 rings (SSSR count). The van der Waals surface area contributed by atoms with Crippen molar-refractivity contribution in [2.24, 2.45) is 0 Å². The molecule has 0 aliphatic heterocycles. The number of carbonyl (C=O) groups excluding carboxylic acids is 1. The van der Waals surface area contributed by atoms with Gasteiger partial charge in [-0.05, 0) is 30.5 Å². The number of aryl methyl sites for hydroxylation is 1. The summed E-state index contributed by atoms with van der Waals surface area (Å²) in [5.74, 6) is 0.385. The number of rotatable bonds is 9. The van der Waals surface area contributed by atoms with Crippen molar-refractivity contribution in [1.82, 2.24) is 10.3 Å². The van der Waals surface area contributed by atoms with Crippen molar-refractivity contribution < 1.29 is 14.7 Å². The molecule has 0 aliphatic rings. The Morgan fingerprint density at radius 1 is 1.25 bits per heavy atom. The lowest BCUT2D eigenvalue weighted by Gasteiger charge is -2.08. The lowest BCUT2D eigenvalue weighted by molar-refractivity contribution is -0.136. The zero-order valence-corrected chi connectivity index (χ0v) is 15.6. The number of hydrogen-bond donors (Lipinski definition) is 2. The van der Waals surface area contributed by atoms with Crippen molar-refractivity contribution in [3.8, 4) is 10.6 Å². The smallest absolute Gasteiger partial charge is 0.304 e. The molecule has 5 nitrogen and oxygen atoms in total. The molecule has 0 unspecified atom stereocenters. The van der Waals surface area contributed by atoms with Crippen LogP contribution in [-0.2, 0) is 4.79 Å². The summed E-state index contributed by atoms with van der Waals surface area (Å²) in [6.07, 6.45) is 0.158. The van der Waals surface area contributed by atoms with Gasteiger partial charge in [0.15, 0.2) is 0 Å². The predicted molar refractivity (Wildman–Crippen MR) is 102 cm³/mol. The first-order chi connectivity index (χ1) is 11.6. The summed E-state index contributed by atoms with van der Waals surface area (Å²) in [7, 11) is 3.07. The molecule has 0 aliphatic carbocycles. The minimum absolute atomic E-state index is 0.131. The molecule has 1 amide bonds. The molecule has 2 aromatic heterocycles. The van der Waals surface area contributed by atoms with Gasteiger partial charge >= 0.3 is 5.97 Å². The van der Waals surface area contributed by atoms with Crippen LogP contribution < -0.4 is 5.32 Å². The van der Waals surface area contributed by atoms with E-state index in [9.17, 15) is 9.59 Å². The van der Waals surface area contributed by atoms with Crippen LogP contribution in [0.15, 0.2) is 29.6 Å². The number of aliphatic carboxylic acids is 1. The molecule has 8 heteroatoms. The van der Waals surface area contributed by atoms with Crippen molar-refractivity contribution in [3.63, 3.8) is 0 Å². The van der Waals surface area contributed by atoms with Gasteiger partial charge in [0.1, 0.15) is 0 Å². The Hall–Kier alpha value is -1.51. The zero-order chi connectivity index (χ0) is 17.4. The highest BCUT2D eigenvalue weighted by molar-refractivity contribution is 8.76. The summed E-state index contributed by atoms with van der Waals surface area (Å²) < 4.78 is 0. The van der Waals surface area contributed by atoms with Crippen LogP contribution in [0, 0.1) is 6.92 Å². The number of nitrogens with zero attached hydrogens (tertiary/aromatic N) is 1. The van der Waals surface area contributed by atoms with E-state index in [2.05, 4.69) is 10.3 Å². The van der Waals surface area contributed by atoms with Crippen LogP contribution in [0.3, 0.4) is 0 Å². The maximum atomic E-state index is 12.2. The third-order valence-corrected chi connectivity index (χ3v) is 6.36. The lowest BCUT2D eigenvalue weighted by atomic mass is 10.1. The van der Waals surface area contributed by atoms with Gasteiger partial charge in [-0.25, -0.2) is 0 Å². The van der Waals surface area contributed by atoms with E-state index in [1.54, 1.807) is 22.1 Å². The molecule has 0 fully saturated rings. The first-order valence-corrected chi connectivity index (χ1v) is 10.7. The molecule has 2 heterocycles. The fraction of sp³-hybridized carbons (Fsp3) is 0.312. The van der Waals surface area contributed by atoms with Gasteiger partial charge in [0, 0.05) is 18.1 Å². The van der Waals surface area contributed by atoms with E-state index in [1.165, 1.54) is 10.8 Å². The first kappa shape index (κ1) is 18.8. The minimum Gasteiger partial charge on any atom is -0.481 e. The average molecular weight is 383 g/mol. The topological polar surface area (TPSA) is 79.3 Å². The maximum Gasteiger partial charge on any atom is 0.304 e. The van der Waals surface area contributed by atoms with Gasteiger partial charge in [-0.3, -0.25) is 14.6 Å². The number of aromatic nitrogens is 1. The molecule has 0 atom stereocenters. The van der Waals surface area contributed by atoms with E-state index in [0.717, 1.165) is 16.3 Å². The highest BCUT2D eigenvalue weighted by Gasteiger charge is 2.11. The van der Waals surface area contributed by atoms with E-state index in [1.807, 2.05) is 36.6 Å². The Kier molecular flexibility index (Phi) is 7.61. The molecule has 2 aromatic rings. The van der Waals surface area contributed by atoms with Crippen molar-refractivity contribution >= 4 is 44.8 Å². The van der Waals surface area contributed by atoms with Gasteiger partial charge in [0.2, 0.25) is 0 Å². The third kappa shape index (κ3) is 5.85. The summed E-state index contributed by atoms with van der Waals surface area (Å²) in [6, 6.07) is 7.65. The van der Waals surface area contributed by atoms with Crippen LogP contribution >= 0.6 is 32.9 Å². The fourth-order valence-corrected chi connectivity index (χ4v) is 4.49. The number of carbonyl (C=O) groups is 2. The second-order valence-corrected chi connectivity index (χ2v) is 8.50. The van der Waals surface area contributed by atoms with Crippen LogP contribution in [0.4, 0.5) is 0 Å². The Labute approximate surface area is 152 Å². The average Bonchev–Trinajstić information content (AvgIpc) is 3.07. The minimum atomic E-state index is -0.787. The summed E-state index contributed by atoms with van der Waals surface area (Å²) in [6.45, 7) is 2.37. The van der Waals surface area contributed by atoms with Crippen LogP contribution in [0.25, 0.3) is 10.6 Å². The van der Waals surface area contributed by atoms with Crippen molar-refractivity contribution in [3.05, 3.63) is 40.9 Å². The zero-order valence-electron chi connectivity index (χ0n) is 13.2. The molecule has 0 bridgehead atoms.